The molecule has 1 aliphatic rings. The molecule has 4 aromatic heterocycles. The van der Waals surface area contributed by atoms with Crippen LogP contribution in [-0.2, 0) is 18.3 Å². The molecular weight excluding hydrogens is 392 g/mol. The molecule has 0 spiro atoms. The Morgan fingerprint density at radius 2 is 2.07 bits per heavy atom. The number of ether oxygens (including phenoxy) is 1. The standard InChI is InChI=1S/C19H20N6OS2/c1-24-5-4-15(23-24)20-18-17-13(14-3-2-10-27-14)12-28-19(17)22-16(21-18)11-25-6-8-26-9-7-25/h2-5,10,12H,6-9,11H2,1H3,(H,20,21,22,23). The topological polar surface area (TPSA) is 68.1 Å². The van der Waals surface area contributed by atoms with Crippen molar-refractivity contribution in [2.24, 2.45) is 7.05 Å². The number of aromatic nitrogens is 4. The fourth-order valence-electron chi connectivity index (χ4n) is 3.32. The second kappa shape index (κ2) is 7.59. The SMILES string of the molecule is Cn1ccc(Nc2nc(CN3CCOCC3)nc3scc(-c4cccs4)c23)n1. The molecule has 1 fully saturated rings. The average Bonchev–Trinajstić information content (AvgIpc) is 3.43. The zero-order valence-corrected chi connectivity index (χ0v) is 17.1. The molecule has 0 saturated carbocycles. The Kier molecular flexibility index (Phi) is 4.81. The third-order valence-electron chi connectivity index (χ3n) is 4.70. The first-order valence-electron chi connectivity index (χ1n) is 9.15. The van der Waals surface area contributed by atoms with Crippen LogP contribution in [0, 0.1) is 0 Å². The lowest BCUT2D eigenvalue weighted by Crippen LogP contribution is -2.36. The molecular formula is C19H20N6OS2. The molecule has 28 heavy (non-hydrogen) atoms. The Balaban J connectivity index is 1.57. The molecule has 0 aromatic carbocycles. The van der Waals surface area contributed by atoms with E-state index in [0.29, 0.717) is 0 Å². The first-order chi connectivity index (χ1) is 13.8. The number of nitrogens with zero attached hydrogens (tertiary/aromatic N) is 5. The van der Waals surface area contributed by atoms with Crippen LogP contribution in [0.1, 0.15) is 5.82 Å². The molecule has 9 heteroatoms. The number of nitrogens with one attached hydrogen (secondary N) is 1. The van der Waals surface area contributed by atoms with Gasteiger partial charge in [0.15, 0.2) is 5.82 Å². The van der Waals surface area contributed by atoms with Crippen molar-refractivity contribution < 1.29 is 4.74 Å². The van der Waals surface area contributed by atoms with E-state index >= 15 is 0 Å². The van der Waals surface area contributed by atoms with E-state index in [4.69, 9.17) is 14.7 Å². The number of rotatable bonds is 5. The van der Waals surface area contributed by atoms with E-state index in [2.05, 4.69) is 38.2 Å². The summed E-state index contributed by atoms with van der Waals surface area (Å²) < 4.78 is 7.24. The highest BCUT2D eigenvalue weighted by atomic mass is 32.1. The maximum Gasteiger partial charge on any atom is 0.153 e. The van der Waals surface area contributed by atoms with Crippen LogP contribution < -0.4 is 5.32 Å². The van der Waals surface area contributed by atoms with Gasteiger partial charge < -0.3 is 10.1 Å². The van der Waals surface area contributed by atoms with Gasteiger partial charge in [0.05, 0.1) is 25.1 Å². The van der Waals surface area contributed by atoms with E-state index < -0.39 is 0 Å². The summed E-state index contributed by atoms with van der Waals surface area (Å²) in [7, 11) is 1.91. The van der Waals surface area contributed by atoms with Crippen molar-refractivity contribution in [2.45, 2.75) is 6.54 Å². The second-order valence-electron chi connectivity index (χ2n) is 6.68. The third-order valence-corrected chi connectivity index (χ3v) is 6.47. The number of morpholine rings is 1. The minimum atomic E-state index is 0.725. The molecule has 0 atom stereocenters. The number of anilines is 2. The first kappa shape index (κ1) is 17.7. The zero-order valence-electron chi connectivity index (χ0n) is 15.5. The summed E-state index contributed by atoms with van der Waals surface area (Å²) in [5.74, 6) is 2.42. The molecule has 4 aromatic rings. The van der Waals surface area contributed by atoms with E-state index in [-0.39, 0.29) is 0 Å². The van der Waals surface area contributed by atoms with Gasteiger partial charge in [-0.2, -0.15) is 5.10 Å². The van der Waals surface area contributed by atoms with Gasteiger partial charge in [-0.25, -0.2) is 9.97 Å². The minimum Gasteiger partial charge on any atom is -0.379 e. The lowest BCUT2D eigenvalue weighted by atomic mass is 10.2. The number of fused-ring (bicyclic) bond motifs is 1. The molecule has 7 nitrogen and oxygen atoms in total. The van der Waals surface area contributed by atoms with Gasteiger partial charge in [0, 0.05) is 48.2 Å². The Morgan fingerprint density at radius 1 is 1.18 bits per heavy atom. The van der Waals surface area contributed by atoms with Gasteiger partial charge in [0.2, 0.25) is 0 Å². The van der Waals surface area contributed by atoms with Crippen LogP contribution in [0.2, 0.25) is 0 Å². The van der Waals surface area contributed by atoms with Crippen molar-refractivity contribution in [1.29, 1.82) is 0 Å². The summed E-state index contributed by atoms with van der Waals surface area (Å²) in [5, 5.41) is 13.2. The van der Waals surface area contributed by atoms with Crippen LogP contribution in [0.25, 0.3) is 20.7 Å². The molecule has 144 valence electrons. The molecule has 0 radical (unpaired) electrons. The predicted molar refractivity (Wildman–Crippen MR) is 113 cm³/mol. The van der Waals surface area contributed by atoms with Gasteiger partial charge in [-0.3, -0.25) is 9.58 Å². The number of hydrogen-bond acceptors (Lipinski definition) is 8. The number of hydrogen-bond donors (Lipinski definition) is 1. The zero-order chi connectivity index (χ0) is 18.9. The van der Waals surface area contributed by atoms with Gasteiger partial charge in [-0.1, -0.05) is 6.07 Å². The summed E-state index contributed by atoms with van der Waals surface area (Å²) >= 11 is 3.39. The Bertz CT molecular complexity index is 1080. The molecule has 5 rings (SSSR count). The van der Waals surface area contributed by atoms with Crippen LogP contribution >= 0.6 is 22.7 Å². The van der Waals surface area contributed by atoms with Gasteiger partial charge in [-0.15, -0.1) is 22.7 Å². The first-order valence-corrected chi connectivity index (χ1v) is 10.9. The molecule has 0 amide bonds. The third kappa shape index (κ3) is 3.53. The van der Waals surface area contributed by atoms with Crippen molar-refractivity contribution in [2.75, 3.05) is 31.6 Å². The normalized spacial score (nSPS) is 15.3. The van der Waals surface area contributed by atoms with Crippen molar-refractivity contribution in [3.05, 3.63) is 41.0 Å². The summed E-state index contributed by atoms with van der Waals surface area (Å²) in [6.07, 6.45) is 1.92. The van der Waals surface area contributed by atoms with E-state index in [1.807, 2.05) is 19.3 Å². The van der Waals surface area contributed by atoms with Crippen molar-refractivity contribution in [3.8, 4) is 10.4 Å². The Hall–Kier alpha value is -2.33. The fraction of sp³-hybridized carbons (Fsp3) is 0.316. The average molecular weight is 413 g/mol. The minimum absolute atomic E-state index is 0.725. The van der Waals surface area contributed by atoms with E-state index in [1.165, 1.54) is 10.4 Å². The maximum absolute atomic E-state index is 5.46. The highest BCUT2D eigenvalue weighted by Gasteiger charge is 2.19. The molecule has 1 N–H and O–H groups in total. The molecule has 1 saturated heterocycles. The van der Waals surface area contributed by atoms with Crippen LogP contribution in [0.15, 0.2) is 35.2 Å². The van der Waals surface area contributed by atoms with Crippen LogP contribution in [0.5, 0.6) is 0 Å². The smallest absolute Gasteiger partial charge is 0.153 e. The van der Waals surface area contributed by atoms with Crippen LogP contribution in [-0.4, -0.2) is 51.0 Å². The number of aryl methyl sites for hydroxylation is 1. The molecule has 5 heterocycles. The maximum atomic E-state index is 5.46. The van der Waals surface area contributed by atoms with Gasteiger partial charge in [0.25, 0.3) is 0 Å². The Morgan fingerprint density at radius 3 is 2.82 bits per heavy atom. The van der Waals surface area contributed by atoms with Gasteiger partial charge >= 0.3 is 0 Å². The Labute approximate surface area is 170 Å². The summed E-state index contributed by atoms with van der Waals surface area (Å²) in [6.45, 7) is 4.08. The lowest BCUT2D eigenvalue weighted by molar-refractivity contribution is 0.0331. The summed E-state index contributed by atoms with van der Waals surface area (Å²) in [6, 6.07) is 6.16. The largest absolute Gasteiger partial charge is 0.379 e. The molecule has 0 aliphatic carbocycles. The molecule has 0 bridgehead atoms. The van der Waals surface area contributed by atoms with Crippen molar-refractivity contribution >= 4 is 44.5 Å². The molecule has 0 unspecified atom stereocenters. The van der Waals surface area contributed by atoms with Crippen LogP contribution in [0.4, 0.5) is 11.6 Å². The number of thiophene rings is 2. The van der Waals surface area contributed by atoms with Gasteiger partial charge in [0.1, 0.15) is 16.5 Å². The van der Waals surface area contributed by atoms with Gasteiger partial charge in [-0.05, 0) is 11.4 Å². The molecule has 1 aliphatic heterocycles. The predicted octanol–water partition coefficient (Wildman–Crippen LogP) is 3.73. The highest BCUT2D eigenvalue weighted by Crippen LogP contribution is 2.39. The summed E-state index contributed by atoms with van der Waals surface area (Å²) in [4.78, 5) is 14.3. The summed E-state index contributed by atoms with van der Waals surface area (Å²) in [5.41, 5.74) is 1.17. The quantitative estimate of drug-likeness (QED) is 0.539. The van der Waals surface area contributed by atoms with Crippen LogP contribution in [0.3, 0.4) is 0 Å². The van der Waals surface area contributed by atoms with Crippen molar-refractivity contribution in [3.63, 3.8) is 0 Å². The fourth-order valence-corrected chi connectivity index (χ4v) is 5.10. The highest BCUT2D eigenvalue weighted by molar-refractivity contribution is 7.18. The second-order valence-corrected chi connectivity index (χ2v) is 8.49. The lowest BCUT2D eigenvalue weighted by Gasteiger charge is -2.25. The van der Waals surface area contributed by atoms with E-state index in [9.17, 15) is 0 Å². The van der Waals surface area contributed by atoms with E-state index in [1.54, 1.807) is 27.4 Å². The van der Waals surface area contributed by atoms with E-state index in [0.717, 1.165) is 60.5 Å². The van der Waals surface area contributed by atoms with Crippen molar-refractivity contribution in [1.82, 2.24) is 24.6 Å². The monoisotopic (exact) mass is 412 g/mol.